The fourth-order valence-electron chi connectivity index (χ4n) is 3.29. The van der Waals surface area contributed by atoms with Gasteiger partial charge in [0, 0.05) is 17.1 Å². The largest absolute Gasteiger partial charge is 0.481 e. The number of carboxylic acid groups (broad SMARTS) is 1. The number of alkyl halides is 3. The quantitative estimate of drug-likeness (QED) is 0.553. The van der Waals surface area contributed by atoms with Crippen LogP contribution in [0.15, 0.2) is 36.5 Å². The number of aromatic nitrogens is 1. The van der Waals surface area contributed by atoms with Crippen molar-refractivity contribution in [3.8, 4) is 11.5 Å². The maximum atomic E-state index is 13.6. The SMILES string of the molecule is CCCc1c[nH]c2ccc(Oc3c(C)cc(CC(=O)O)cc3C(F)(F)F)cc12. The number of H-pyrrole nitrogens is 1. The van der Waals surface area contributed by atoms with Crippen molar-refractivity contribution in [1.29, 1.82) is 0 Å². The van der Waals surface area contributed by atoms with Crippen LogP contribution in [0.3, 0.4) is 0 Å². The molecule has 2 N–H and O–H groups in total. The minimum Gasteiger partial charge on any atom is -0.481 e. The number of hydrogen-bond acceptors (Lipinski definition) is 2. The van der Waals surface area contributed by atoms with Crippen molar-refractivity contribution in [1.82, 2.24) is 4.98 Å². The molecule has 7 heteroatoms. The highest BCUT2D eigenvalue weighted by molar-refractivity contribution is 5.84. The first-order valence-corrected chi connectivity index (χ1v) is 8.89. The summed E-state index contributed by atoms with van der Waals surface area (Å²) in [6.07, 6.45) is -1.47. The lowest BCUT2D eigenvalue weighted by Gasteiger charge is -2.17. The van der Waals surface area contributed by atoms with Crippen LogP contribution in [-0.2, 0) is 23.8 Å². The van der Waals surface area contributed by atoms with Gasteiger partial charge in [-0.05, 0) is 54.3 Å². The molecule has 3 rings (SSSR count). The second-order valence-electron chi connectivity index (χ2n) is 6.73. The Kier molecular flexibility index (Phi) is 5.36. The van der Waals surface area contributed by atoms with Gasteiger partial charge in [-0.15, -0.1) is 0 Å². The Morgan fingerprint density at radius 3 is 2.61 bits per heavy atom. The van der Waals surface area contributed by atoms with E-state index in [0.29, 0.717) is 5.75 Å². The third-order valence-corrected chi connectivity index (χ3v) is 4.47. The van der Waals surface area contributed by atoms with Crippen LogP contribution in [0.1, 0.15) is 35.6 Å². The average Bonchev–Trinajstić information content (AvgIpc) is 2.98. The monoisotopic (exact) mass is 391 g/mol. The van der Waals surface area contributed by atoms with Crippen LogP contribution in [-0.4, -0.2) is 16.1 Å². The van der Waals surface area contributed by atoms with Gasteiger partial charge in [-0.3, -0.25) is 4.79 Å². The molecular formula is C21H20F3NO3. The minimum absolute atomic E-state index is 0.0796. The smallest absolute Gasteiger partial charge is 0.420 e. The molecule has 3 aromatic rings. The predicted octanol–water partition coefficient (Wildman–Crippen LogP) is 5.87. The number of hydrogen-bond donors (Lipinski definition) is 2. The van der Waals surface area contributed by atoms with E-state index in [0.717, 1.165) is 35.4 Å². The number of aliphatic carboxylic acids is 1. The molecule has 0 radical (unpaired) electrons. The number of halogens is 3. The van der Waals surface area contributed by atoms with Crippen LogP contribution in [0.2, 0.25) is 0 Å². The summed E-state index contributed by atoms with van der Waals surface area (Å²) < 4.78 is 46.4. The molecule has 0 bridgehead atoms. The van der Waals surface area contributed by atoms with Crippen LogP contribution in [0.25, 0.3) is 10.9 Å². The van der Waals surface area contributed by atoms with E-state index in [1.807, 2.05) is 6.20 Å². The van der Waals surface area contributed by atoms with Gasteiger partial charge in [0.2, 0.25) is 0 Å². The standard InChI is InChI=1S/C21H20F3NO3/c1-3-4-14-11-25-18-6-5-15(10-16(14)18)28-20-12(2)7-13(9-19(26)27)8-17(20)21(22,23)24/h5-8,10-11,25H,3-4,9H2,1-2H3,(H,26,27). The molecule has 148 valence electrons. The summed E-state index contributed by atoms with van der Waals surface area (Å²) in [6.45, 7) is 3.53. The van der Waals surface area contributed by atoms with E-state index in [9.17, 15) is 18.0 Å². The van der Waals surface area contributed by atoms with Crippen LogP contribution in [0, 0.1) is 6.92 Å². The van der Waals surface area contributed by atoms with Gasteiger partial charge < -0.3 is 14.8 Å². The first-order chi connectivity index (χ1) is 13.2. The number of ether oxygens (including phenoxy) is 1. The number of carboxylic acids is 1. The van der Waals surface area contributed by atoms with Gasteiger partial charge in [-0.25, -0.2) is 0 Å². The zero-order valence-corrected chi connectivity index (χ0v) is 15.5. The number of benzene rings is 2. The molecular weight excluding hydrogens is 371 g/mol. The van der Waals surface area contributed by atoms with Crippen molar-refractivity contribution in [3.63, 3.8) is 0 Å². The van der Waals surface area contributed by atoms with Gasteiger partial charge in [0.25, 0.3) is 0 Å². The van der Waals surface area contributed by atoms with Gasteiger partial charge in [0.1, 0.15) is 11.5 Å². The number of aromatic amines is 1. The van der Waals surface area contributed by atoms with E-state index in [1.54, 1.807) is 18.2 Å². The third-order valence-electron chi connectivity index (χ3n) is 4.47. The lowest BCUT2D eigenvalue weighted by molar-refractivity contribution is -0.139. The van der Waals surface area contributed by atoms with Crippen molar-refractivity contribution in [2.45, 2.75) is 39.3 Å². The second kappa shape index (κ2) is 7.58. The maximum Gasteiger partial charge on any atom is 0.420 e. The van der Waals surface area contributed by atoms with E-state index in [-0.39, 0.29) is 16.9 Å². The molecule has 0 amide bonds. The Labute approximate surface area is 159 Å². The van der Waals surface area contributed by atoms with Crippen molar-refractivity contribution in [2.24, 2.45) is 0 Å². The van der Waals surface area contributed by atoms with Crippen LogP contribution in [0.5, 0.6) is 11.5 Å². The van der Waals surface area contributed by atoms with Crippen molar-refractivity contribution >= 4 is 16.9 Å². The summed E-state index contributed by atoms with van der Waals surface area (Å²) >= 11 is 0. The molecule has 1 aromatic heterocycles. The van der Waals surface area contributed by atoms with Gasteiger partial charge in [0.05, 0.1) is 12.0 Å². The first-order valence-electron chi connectivity index (χ1n) is 8.89. The van der Waals surface area contributed by atoms with Gasteiger partial charge >= 0.3 is 12.1 Å². The summed E-state index contributed by atoms with van der Waals surface area (Å²) in [5, 5.41) is 9.80. The number of aryl methyl sites for hydroxylation is 2. The normalized spacial score (nSPS) is 11.8. The van der Waals surface area contributed by atoms with Gasteiger partial charge in [-0.1, -0.05) is 19.4 Å². The summed E-state index contributed by atoms with van der Waals surface area (Å²) in [6, 6.07) is 7.36. The van der Waals surface area contributed by atoms with Crippen molar-refractivity contribution in [2.75, 3.05) is 0 Å². The van der Waals surface area contributed by atoms with E-state index in [4.69, 9.17) is 9.84 Å². The number of nitrogens with one attached hydrogen (secondary N) is 1. The predicted molar refractivity (Wildman–Crippen MR) is 99.9 cm³/mol. The Morgan fingerprint density at radius 2 is 1.96 bits per heavy atom. The van der Waals surface area contributed by atoms with Crippen LogP contribution < -0.4 is 4.74 Å². The van der Waals surface area contributed by atoms with Crippen molar-refractivity contribution < 1.29 is 27.8 Å². The molecule has 0 atom stereocenters. The Morgan fingerprint density at radius 1 is 1.21 bits per heavy atom. The summed E-state index contributed by atoms with van der Waals surface area (Å²) in [4.78, 5) is 14.0. The molecule has 2 aromatic carbocycles. The second-order valence-corrected chi connectivity index (χ2v) is 6.73. The van der Waals surface area contributed by atoms with E-state index >= 15 is 0 Å². The van der Waals surface area contributed by atoms with Gasteiger partial charge in [0.15, 0.2) is 0 Å². The van der Waals surface area contributed by atoms with E-state index in [2.05, 4.69) is 11.9 Å². The molecule has 0 spiro atoms. The first kappa shape index (κ1) is 19.8. The fraction of sp³-hybridized carbons (Fsp3) is 0.286. The highest BCUT2D eigenvalue weighted by atomic mass is 19.4. The molecule has 0 saturated heterocycles. The highest BCUT2D eigenvalue weighted by Gasteiger charge is 2.36. The van der Waals surface area contributed by atoms with E-state index in [1.165, 1.54) is 13.0 Å². The molecule has 0 aliphatic rings. The molecule has 1 heterocycles. The van der Waals surface area contributed by atoms with Crippen LogP contribution >= 0.6 is 0 Å². The fourth-order valence-corrected chi connectivity index (χ4v) is 3.29. The highest BCUT2D eigenvalue weighted by Crippen LogP contribution is 2.41. The zero-order chi connectivity index (χ0) is 20.5. The maximum absolute atomic E-state index is 13.6. The summed E-state index contributed by atoms with van der Waals surface area (Å²) in [5.41, 5.74) is 1.30. The molecule has 0 aliphatic heterocycles. The number of carbonyl (C=O) groups is 1. The lowest BCUT2D eigenvalue weighted by atomic mass is 10.0. The van der Waals surface area contributed by atoms with Crippen LogP contribution in [0.4, 0.5) is 13.2 Å². The molecule has 0 fully saturated rings. The Hall–Kier alpha value is -2.96. The van der Waals surface area contributed by atoms with E-state index < -0.39 is 24.1 Å². The minimum atomic E-state index is -4.67. The third kappa shape index (κ3) is 4.13. The molecule has 0 aliphatic carbocycles. The lowest BCUT2D eigenvalue weighted by Crippen LogP contribution is -2.11. The topological polar surface area (TPSA) is 62.3 Å². The van der Waals surface area contributed by atoms with Gasteiger partial charge in [-0.2, -0.15) is 13.2 Å². The Balaban J connectivity index is 2.04. The number of rotatable bonds is 6. The zero-order valence-electron chi connectivity index (χ0n) is 15.5. The van der Waals surface area contributed by atoms with Crippen molar-refractivity contribution in [3.05, 3.63) is 58.8 Å². The Bertz CT molecular complexity index is 1020. The molecule has 28 heavy (non-hydrogen) atoms. The molecule has 0 unspecified atom stereocenters. The molecule has 0 saturated carbocycles. The number of fused-ring (bicyclic) bond motifs is 1. The molecule has 4 nitrogen and oxygen atoms in total. The summed E-state index contributed by atoms with van der Waals surface area (Å²) in [5.74, 6) is -1.21. The summed E-state index contributed by atoms with van der Waals surface area (Å²) in [7, 11) is 0. The average molecular weight is 391 g/mol.